The lowest BCUT2D eigenvalue weighted by atomic mass is 10.2. The van der Waals surface area contributed by atoms with Gasteiger partial charge in [0.05, 0.1) is 29.0 Å². The van der Waals surface area contributed by atoms with Crippen molar-refractivity contribution in [1.29, 1.82) is 0 Å². The Hall–Kier alpha value is -3.66. The molecular weight excluding hydrogens is 440 g/mol. The van der Waals surface area contributed by atoms with E-state index in [9.17, 15) is 8.42 Å². The van der Waals surface area contributed by atoms with Gasteiger partial charge in [-0.05, 0) is 49.4 Å². The summed E-state index contributed by atoms with van der Waals surface area (Å²) in [5.41, 5.74) is 3.41. The molecule has 0 amide bonds. The van der Waals surface area contributed by atoms with Crippen molar-refractivity contribution in [3.05, 3.63) is 54.4 Å². The minimum Gasteiger partial charge on any atom is -0.495 e. The summed E-state index contributed by atoms with van der Waals surface area (Å²) in [6, 6.07) is 12.6. The second-order valence-corrected chi connectivity index (χ2v) is 9.88. The number of hydrogen-bond donors (Lipinski definition) is 1. The van der Waals surface area contributed by atoms with Crippen molar-refractivity contribution in [3.8, 4) is 5.75 Å². The van der Waals surface area contributed by atoms with Gasteiger partial charge in [-0.25, -0.2) is 13.4 Å². The standard InChI is InChI=1S/C23H26N6O3S/c1-6-33(30,31)17-8-10-21(32-5)20(14-17)25-23-24-12-11-22(26-23)28(3)16-7-9-18-15(2)29(4)27-19(18)13-16/h7-14H,6H2,1-5H3,(H,24,25,26). The number of nitrogens with zero attached hydrogens (tertiary/aromatic N) is 5. The first kappa shape index (κ1) is 22.5. The topological polar surface area (TPSA) is 102 Å². The van der Waals surface area contributed by atoms with E-state index in [2.05, 4.69) is 20.4 Å². The van der Waals surface area contributed by atoms with Crippen molar-refractivity contribution in [2.45, 2.75) is 18.7 Å². The molecule has 9 nitrogen and oxygen atoms in total. The van der Waals surface area contributed by atoms with Crippen LogP contribution in [0.3, 0.4) is 0 Å². The summed E-state index contributed by atoms with van der Waals surface area (Å²) in [5, 5.41) is 8.76. The molecule has 0 radical (unpaired) electrons. The monoisotopic (exact) mass is 466 g/mol. The number of fused-ring (bicyclic) bond motifs is 1. The van der Waals surface area contributed by atoms with E-state index in [0.29, 0.717) is 23.2 Å². The molecule has 0 aliphatic heterocycles. The fourth-order valence-electron chi connectivity index (χ4n) is 3.52. The van der Waals surface area contributed by atoms with Crippen LogP contribution in [0.5, 0.6) is 5.75 Å². The van der Waals surface area contributed by atoms with Crippen LogP contribution in [-0.4, -0.2) is 48.1 Å². The molecule has 4 aromatic rings. The van der Waals surface area contributed by atoms with Crippen LogP contribution in [0.4, 0.5) is 23.1 Å². The highest BCUT2D eigenvalue weighted by atomic mass is 32.2. The number of aryl methyl sites for hydroxylation is 2. The van der Waals surface area contributed by atoms with Gasteiger partial charge in [-0.15, -0.1) is 0 Å². The van der Waals surface area contributed by atoms with E-state index in [0.717, 1.165) is 22.3 Å². The maximum Gasteiger partial charge on any atom is 0.229 e. The smallest absolute Gasteiger partial charge is 0.229 e. The Labute approximate surface area is 193 Å². The average Bonchev–Trinajstić information content (AvgIpc) is 3.11. The molecule has 2 heterocycles. The van der Waals surface area contributed by atoms with Crippen molar-refractivity contribution in [1.82, 2.24) is 19.7 Å². The highest BCUT2D eigenvalue weighted by molar-refractivity contribution is 7.91. The molecule has 0 aliphatic carbocycles. The third-order valence-electron chi connectivity index (χ3n) is 5.64. The summed E-state index contributed by atoms with van der Waals surface area (Å²) in [4.78, 5) is 11.0. The number of ether oxygens (including phenoxy) is 1. The van der Waals surface area contributed by atoms with E-state index in [4.69, 9.17) is 4.74 Å². The number of anilines is 4. The zero-order valence-electron chi connectivity index (χ0n) is 19.2. The minimum atomic E-state index is -3.37. The van der Waals surface area contributed by atoms with Crippen molar-refractivity contribution in [3.63, 3.8) is 0 Å². The fraction of sp³-hybridized carbons (Fsp3) is 0.261. The molecule has 33 heavy (non-hydrogen) atoms. The van der Waals surface area contributed by atoms with Crippen molar-refractivity contribution in [2.24, 2.45) is 7.05 Å². The highest BCUT2D eigenvalue weighted by Gasteiger charge is 2.16. The van der Waals surface area contributed by atoms with Crippen LogP contribution < -0.4 is 15.0 Å². The van der Waals surface area contributed by atoms with Gasteiger partial charge in [0.1, 0.15) is 11.6 Å². The van der Waals surface area contributed by atoms with E-state index in [1.165, 1.54) is 19.2 Å². The molecule has 2 aromatic carbocycles. The zero-order valence-corrected chi connectivity index (χ0v) is 20.0. The number of aromatic nitrogens is 4. The van der Waals surface area contributed by atoms with E-state index in [1.807, 2.05) is 48.8 Å². The first-order valence-electron chi connectivity index (χ1n) is 10.4. The predicted octanol–water partition coefficient (Wildman–Crippen LogP) is 3.99. The van der Waals surface area contributed by atoms with Gasteiger partial charge in [-0.1, -0.05) is 6.92 Å². The number of nitrogens with one attached hydrogen (secondary N) is 1. The van der Waals surface area contributed by atoms with Gasteiger partial charge in [0.25, 0.3) is 0 Å². The van der Waals surface area contributed by atoms with E-state index in [-0.39, 0.29) is 10.6 Å². The maximum absolute atomic E-state index is 12.3. The van der Waals surface area contributed by atoms with E-state index in [1.54, 1.807) is 25.3 Å². The second kappa shape index (κ2) is 8.70. The molecule has 0 unspecified atom stereocenters. The average molecular weight is 467 g/mol. The van der Waals surface area contributed by atoms with E-state index >= 15 is 0 Å². The summed E-state index contributed by atoms with van der Waals surface area (Å²) in [7, 11) is 2.00. The van der Waals surface area contributed by atoms with Crippen molar-refractivity contribution >= 4 is 43.9 Å². The number of hydrogen-bond acceptors (Lipinski definition) is 8. The Morgan fingerprint density at radius 2 is 1.94 bits per heavy atom. The first-order valence-corrected chi connectivity index (χ1v) is 12.1. The Bertz CT molecular complexity index is 1430. The van der Waals surface area contributed by atoms with Gasteiger partial charge in [-0.2, -0.15) is 10.1 Å². The quantitative estimate of drug-likeness (QED) is 0.436. The second-order valence-electron chi connectivity index (χ2n) is 7.60. The van der Waals surface area contributed by atoms with Crippen LogP contribution in [0, 0.1) is 6.92 Å². The largest absolute Gasteiger partial charge is 0.495 e. The molecule has 0 aliphatic rings. The normalized spacial score (nSPS) is 11.5. The third kappa shape index (κ3) is 4.34. The molecule has 4 rings (SSSR count). The summed E-state index contributed by atoms with van der Waals surface area (Å²) < 4.78 is 31.9. The van der Waals surface area contributed by atoms with E-state index < -0.39 is 9.84 Å². The van der Waals surface area contributed by atoms with Crippen LogP contribution in [-0.2, 0) is 16.9 Å². The molecule has 0 spiro atoms. The van der Waals surface area contributed by atoms with Gasteiger partial charge < -0.3 is 15.0 Å². The molecule has 0 saturated heterocycles. The van der Waals surface area contributed by atoms with Gasteiger partial charge in [0.15, 0.2) is 9.84 Å². The predicted molar refractivity (Wildman–Crippen MR) is 130 cm³/mol. The Balaban J connectivity index is 1.65. The molecule has 0 fully saturated rings. The number of benzene rings is 2. The number of sulfone groups is 1. The lowest BCUT2D eigenvalue weighted by molar-refractivity contribution is 0.416. The first-order chi connectivity index (χ1) is 15.7. The number of methoxy groups -OCH3 is 1. The lowest BCUT2D eigenvalue weighted by Crippen LogP contribution is -2.12. The lowest BCUT2D eigenvalue weighted by Gasteiger charge is -2.19. The highest BCUT2D eigenvalue weighted by Crippen LogP contribution is 2.31. The Morgan fingerprint density at radius 3 is 2.67 bits per heavy atom. The van der Waals surface area contributed by atoms with Gasteiger partial charge in [0.2, 0.25) is 5.95 Å². The molecular formula is C23H26N6O3S. The summed E-state index contributed by atoms with van der Waals surface area (Å²) in [6.45, 7) is 3.65. The fourth-order valence-corrected chi connectivity index (χ4v) is 4.43. The Kier molecular flexibility index (Phi) is 5.94. The molecule has 2 aromatic heterocycles. The van der Waals surface area contributed by atoms with Crippen LogP contribution in [0.25, 0.3) is 10.9 Å². The van der Waals surface area contributed by atoms with Crippen LogP contribution in [0.15, 0.2) is 53.6 Å². The molecule has 0 saturated carbocycles. The van der Waals surface area contributed by atoms with Crippen molar-refractivity contribution in [2.75, 3.05) is 30.1 Å². The van der Waals surface area contributed by atoms with Crippen LogP contribution >= 0.6 is 0 Å². The summed E-state index contributed by atoms with van der Waals surface area (Å²) in [6.07, 6.45) is 1.64. The summed E-state index contributed by atoms with van der Waals surface area (Å²) >= 11 is 0. The zero-order chi connectivity index (χ0) is 23.8. The van der Waals surface area contributed by atoms with Crippen molar-refractivity contribution < 1.29 is 13.2 Å². The Morgan fingerprint density at radius 1 is 1.15 bits per heavy atom. The van der Waals surface area contributed by atoms with Crippen LogP contribution in [0.1, 0.15) is 12.6 Å². The summed E-state index contributed by atoms with van der Waals surface area (Å²) in [5.74, 6) is 1.48. The SMILES string of the molecule is CCS(=O)(=O)c1ccc(OC)c(Nc2nccc(N(C)c3ccc4c(C)n(C)nc4c3)n2)c1. The molecule has 1 N–H and O–H groups in total. The van der Waals surface area contributed by atoms with Crippen LogP contribution in [0.2, 0.25) is 0 Å². The molecule has 0 atom stereocenters. The maximum atomic E-state index is 12.3. The molecule has 10 heteroatoms. The third-order valence-corrected chi connectivity index (χ3v) is 7.37. The molecule has 0 bridgehead atoms. The van der Waals surface area contributed by atoms with Gasteiger partial charge >= 0.3 is 0 Å². The molecule has 172 valence electrons. The van der Waals surface area contributed by atoms with Gasteiger partial charge in [-0.3, -0.25) is 4.68 Å². The minimum absolute atomic E-state index is 0.00961. The number of rotatable bonds is 7. The van der Waals surface area contributed by atoms with Gasteiger partial charge in [0, 0.05) is 37.1 Å².